The summed E-state index contributed by atoms with van der Waals surface area (Å²) in [6.07, 6.45) is 0.662. The number of carbonyl (C=O) groups is 2. The zero-order valence-electron chi connectivity index (χ0n) is 16.3. The highest BCUT2D eigenvalue weighted by Gasteiger charge is 2.43. The first-order chi connectivity index (χ1) is 13.9. The fourth-order valence-electron chi connectivity index (χ4n) is 3.63. The molecular formula is C22H20N2O4S. The molecule has 1 amide bonds. The number of nitrogens with one attached hydrogen (secondary N) is 1. The number of hydrogen-bond acceptors (Lipinski definition) is 6. The van der Waals surface area contributed by atoms with Gasteiger partial charge in [0.2, 0.25) is 5.91 Å². The predicted octanol–water partition coefficient (Wildman–Crippen LogP) is 4.87. The Hall–Kier alpha value is -3.19. The van der Waals surface area contributed by atoms with Crippen LogP contribution in [0.3, 0.4) is 0 Å². The maximum atomic E-state index is 13.3. The van der Waals surface area contributed by atoms with Crippen molar-refractivity contribution < 1.29 is 19.1 Å². The fourth-order valence-corrected chi connectivity index (χ4v) is 4.28. The number of carbonyl (C=O) groups excluding carboxylic acids is 2. The molecule has 0 spiro atoms. The number of amides is 1. The highest BCUT2D eigenvalue weighted by atomic mass is 32.1. The number of aromatic nitrogens is 1. The second-order valence-corrected chi connectivity index (χ2v) is 8.21. The molecule has 0 saturated heterocycles. The first-order valence-electron chi connectivity index (χ1n) is 9.11. The van der Waals surface area contributed by atoms with E-state index >= 15 is 0 Å². The molecule has 0 bridgehead atoms. The Morgan fingerprint density at radius 3 is 2.69 bits per heavy atom. The van der Waals surface area contributed by atoms with E-state index in [0.717, 1.165) is 16.9 Å². The molecule has 1 atom stereocenters. The Bertz CT molecular complexity index is 1090. The number of hydrogen-bond donors (Lipinski definition) is 1. The van der Waals surface area contributed by atoms with E-state index in [1.807, 2.05) is 56.3 Å². The summed E-state index contributed by atoms with van der Waals surface area (Å²) >= 11 is 1.23. The molecule has 148 valence electrons. The van der Waals surface area contributed by atoms with Crippen molar-refractivity contribution in [3.8, 4) is 17.2 Å². The third-order valence-electron chi connectivity index (χ3n) is 5.15. The Labute approximate surface area is 172 Å². The Morgan fingerprint density at radius 1 is 1.21 bits per heavy atom. The van der Waals surface area contributed by atoms with Gasteiger partial charge in [-0.1, -0.05) is 38.1 Å². The van der Waals surface area contributed by atoms with E-state index in [1.165, 1.54) is 11.3 Å². The number of rotatable bonds is 5. The third kappa shape index (κ3) is 3.38. The Kier molecular flexibility index (Phi) is 4.84. The van der Waals surface area contributed by atoms with Gasteiger partial charge in [0.05, 0.1) is 12.5 Å². The summed E-state index contributed by atoms with van der Waals surface area (Å²) in [5, 5.41) is 4.88. The number of ether oxygens (including phenoxy) is 2. The number of methoxy groups -OCH3 is 1. The zero-order valence-corrected chi connectivity index (χ0v) is 17.1. The number of thiazole rings is 1. The smallest absolute Gasteiger partial charge is 0.232 e. The topological polar surface area (TPSA) is 77.5 Å². The molecule has 1 aliphatic heterocycles. The lowest BCUT2D eigenvalue weighted by atomic mass is 9.69. The monoisotopic (exact) mass is 408 g/mol. The highest BCUT2D eigenvalue weighted by molar-refractivity contribution is 7.14. The van der Waals surface area contributed by atoms with Crippen LogP contribution < -0.4 is 14.8 Å². The van der Waals surface area contributed by atoms with Crippen LogP contribution in [0, 0.1) is 5.41 Å². The van der Waals surface area contributed by atoms with Crippen LogP contribution in [0.15, 0.2) is 47.8 Å². The van der Waals surface area contributed by atoms with Gasteiger partial charge in [-0.3, -0.25) is 9.59 Å². The van der Waals surface area contributed by atoms with Crippen LogP contribution in [0.25, 0.3) is 0 Å². The van der Waals surface area contributed by atoms with Crippen LogP contribution in [-0.2, 0) is 4.79 Å². The summed E-state index contributed by atoms with van der Waals surface area (Å²) in [7, 11) is 1.61. The number of para-hydroxylation sites is 1. The van der Waals surface area contributed by atoms with Crippen molar-refractivity contribution in [2.24, 2.45) is 5.41 Å². The molecule has 2 heterocycles. The molecule has 4 rings (SSSR count). The minimum Gasteiger partial charge on any atom is -0.497 e. The second-order valence-electron chi connectivity index (χ2n) is 7.35. The van der Waals surface area contributed by atoms with Gasteiger partial charge in [0, 0.05) is 28.5 Å². The minimum absolute atomic E-state index is 0.187. The first kappa shape index (κ1) is 19.1. The van der Waals surface area contributed by atoms with Crippen molar-refractivity contribution in [3.05, 3.63) is 64.7 Å². The molecule has 1 unspecified atom stereocenters. The van der Waals surface area contributed by atoms with Gasteiger partial charge in [-0.25, -0.2) is 4.98 Å². The lowest BCUT2D eigenvalue weighted by Gasteiger charge is -2.38. The Morgan fingerprint density at radius 2 is 1.97 bits per heavy atom. The van der Waals surface area contributed by atoms with E-state index in [4.69, 9.17) is 9.47 Å². The number of fused-ring (bicyclic) bond motifs is 2. The van der Waals surface area contributed by atoms with Gasteiger partial charge >= 0.3 is 0 Å². The van der Waals surface area contributed by atoms with Crippen molar-refractivity contribution in [2.45, 2.75) is 19.8 Å². The van der Waals surface area contributed by atoms with Crippen LogP contribution in [-0.4, -0.2) is 24.3 Å². The maximum absolute atomic E-state index is 13.3. The second kappa shape index (κ2) is 7.33. The summed E-state index contributed by atoms with van der Waals surface area (Å²) < 4.78 is 11.4. The summed E-state index contributed by atoms with van der Waals surface area (Å²) in [6, 6.07) is 13.4. The normalized spacial score (nSPS) is 14.9. The molecule has 7 heteroatoms. The van der Waals surface area contributed by atoms with Crippen LogP contribution in [0.2, 0.25) is 0 Å². The predicted molar refractivity (Wildman–Crippen MR) is 111 cm³/mol. The lowest BCUT2D eigenvalue weighted by molar-refractivity contribution is -0.124. The summed E-state index contributed by atoms with van der Waals surface area (Å²) in [5.41, 5.74) is 1.34. The van der Waals surface area contributed by atoms with Crippen molar-refractivity contribution in [3.63, 3.8) is 0 Å². The average molecular weight is 408 g/mol. The van der Waals surface area contributed by atoms with Crippen LogP contribution >= 0.6 is 11.3 Å². The number of nitrogens with zero attached hydrogens (tertiary/aromatic N) is 1. The zero-order chi connectivity index (χ0) is 20.6. The van der Waals surface area contributed by atoms with Gasteiger partial charge in [0.1, 0.15) is 22.9 Å². The molecule has 0 fully saturated rings. The number of anilines is 1. The van der Waals surface area contributed by atoms with E-state index < -0.39 is 5.41 Å². The van der Waals surface area contributed by atoms with Gasteiger partial charge in [0.25, 0.3) is 0 Å². The van der Waals surface area contributed by atoms with Gasteiger partial charge < -0.3 is 14.8 Å². The SMILES string of the molecule is COc1ccc2c(c1)Oc1ccccc1C2C(C)(C)C(=O)Nc1nc(C=O)cs1. The van der Waals surface area contributed by atoms with E-state index in [-0.39, 0.29) is 11.8 Å². The summed E-state index contributed by atoms with van der Waals surface area (Å²) in [6.45, 7) is 3.80. The molecular weight excluding hydrogens is 388 g/mol. The quantitative estimate of drug-likeness (QED) is 0.610. The molecule has 3 aromatic rings. The van der Waals surface area contributed by atoms with Crippen molar-refractivity contribution in [2.75, 3.05) is 12.4 Å². The van der Waals surface area contributed by atoms with Crippen molar-refractivity contribution in [1.82, 2.24) is 4.98 Å². The molecule has 2 aromatic carbocycles. The molecule has 0 radical (unpaired) electrons. The molecule has 1 N–H and O–H groups in total. The van der Waals surface area contributed by atoms with Crippen molar-refractivity contribution >= 4 is 28.7 Å². The van der Waals surface area contributed by atoms with E-state index in [0.29, 0.717) is 28.6 Å². The maximum Gasteiger partial charge on any atom is 0.232 e. The van der Waals surface area contributed by atoms with Crippen LogP contribution in [0.4, 0.5) is 5.13 Å². The first-order valence-corrected chi connectivity index (χ1v) is 9.99. The molecule has 29 heavy (non-hydrogen) atoms. The largest absolute Gasteiger partial charge is 0.497 e. The molecule has 0 aliphatic carbocycles. The molecule has 1 aromatic heterocycles. The van der Waals surface area contributed by atoms with Crippen LogP contribution in [0.1, 0.15) is 41.4 Å². The molecule has 1 aliphatic rings. The summed E-state index contributed by atoms with van der Waals surface area (Å²) in [5.74, 6) is 1.66. The van der Waals surface area contributed by atoms with Crippen molar-refractivity contribution in [1.29, 1.82) is 0 Å². The third-order valence-corrected chi connectivity index (χ3v) is 5.93. The minimum atomic E-state index is -0.823. The van der Waals surface area contributed by atoms with Gasteiger partial charge in [-0.15, -0.1) is 11.3 Å². The number of aldehydes is 1. The van der Waals surface area contributed by atoms with E-state index in [2.05, 4.69) is 10.3 Å². The Balaban J connectivity index is 1.75. The average Bonchev–Trinajstić information content (AvgIpc) is 3.18. The van der Waals surface area contributed by atoms with Gasteiger partial charge in [-0.2, -0.15) is 0 Å². The van der Waals surface area contributed by atoms with Gasteiger partial charge in [0.15, 0.2) is 11.4 Å². The molecule has 0 saturated carbocycles. The summed E-state index contributed by atoms with van der Waals surface area (Å²) in [4.78, 5) is 28.3. The van der Waals surface area contributed by atoms with E-state index in [9.17, 15) is 9.59 Å². The fraction of sp³-hybridized carbons (Fsp3) is 0.227. The lowest BCUT2D eigenvalue weighted by Crippen LogP contribution is -2.38. The standard InChI is InChI=1S/C22H20N2O4S/c1-22(2,20(26)24-21-23-13(11-25)12-29-21)19-15-6-4-5-7-17(15)28-18-10-14(27-3)8-9-16(18)19/h4-12,19H,1-3H3,(H,23,24,26). The van der Waals surface area contributed by atoms with Gasteiger partial charge in [-0.05, 0) is 12.1 Å². The number of benzene rings is 2. The molecule has 6 nitrogen and oxygen atoms in total. The van der Waals surface area contributed by atoms with E-state index in [1.54, 1.807) is 12.5 Å². The highest BCUT2D eigenvalue weighted by Crippen LogP contribution is 2.52. The van der Waals surface area contributed by atoms with Crippen LogP contribution in [0.5, 0.6) is 17.2 Å².